The summed E-state index contributed by atoms with van der Waals surface area (Å²) in [6.45, 7) is 9.47. The number of carbonyl (C=O) groups is 1. The summed E-state index contributed by atoms with van der Waals surface area (Å²) >= 11 is 0. The number of nitrogens with one attached hydrogen (secondary N) is 1. The molecule has 1 aromatic carbocycles. The highest BCUT2D eigenvalue weighted by molar-refractivity contribution is 14.0. The van der Waals surface area contributed by atoms with Gasteiger partial charge in [0.2, 0.25) is 0 Å². The molecule has 0 spiro atoms. The molecule has 0 atom stereocenters. The first kappa shape index (κ1) is 25.6. The van der Waals surface area contributed by atoms with E-state index in [1.54, 1.807) is 17.0 Å². The van der Waals surface area contributed by atoms with Gasteiger partial charge in [0.15, 0.2) is 5.96 Å². The van der Waals surface area contributed by atoms with Crippen LogP contribution in [0.4, 0.5) is 9.18 Å². The fraction of sp³-hybridized carbons (Fsp3) is 0.636. The van der Waals surface area contributed by atoms with Gasteiger partial charge >= 0.3 is 6.09 Å². The Labute approximate surface area is 201 Å². The second-order valence-corrected chi connectivity index (χ2v) is 7.75. The van der Waals surface area contributed by atoms with Crippen molar-refractivity contribution in [3.8, 4) is 0 Å². The first-order valence-electron chi connectivity index (χ1n) is 10.9. The number of benzene rings is 1. The molecule has 2 aliphatic heterocycles. The summed E-state index contributed by atoms with van der Waals surface area (Å²) < 4.78 is 24.6. The van der Waals surface area contributed by atoms with E-state index in [9.17, 15) is 9.18 Å². The second kappa shape index (κ2) is 12.4. The average Bonchev–Trinajstić information content (AvgIpc) is 2.77. The van der Waals surface area contributed by atoms with Crippen LogP contribution in [0.15, 0.2) is 29.3 Å². The number of rotatable bonds is 5. The van der Waals surface area contributed by atoms with E-state index in [-0.39, 0.29) is 41.3 Å². The molecule has 1 aromatic rings. The molecule has 2 aliphatic rings. The molecule has 0 radical (unpaired) electrons. The molecular formula is C22H34FIN4O3. The van der Waals surface area contributed by atoms with Gasteiger partial charge in [0.1, 0.15) is 5.82 Å². The van der Waals surface area contributed by atoms with E-state index in [2.05, 4.69) is 10.2 Å². The number of halogens is 2. The minimum absolute atomic E-state index is 0. The summed E-state index contributed by atoms with van der Waals surface area (Å²) in [5.41, 5.74) is 0.755. The zero-order valence-electron chi connectivity index (χ0n) is 18.4. The fourth-order valence-corrected chi connectivity index (χ4v) is 4.09. The van der Waals surface area contributed by atoms with Gasteiger partial charge in [-0.25, -0.2) is 9.18 Å². The highest BCUT2D eigenvalue weighted by atomic mass is 127. The molecule has 2 heterocycles. The number of nitrogens with zero attached hydrogens (tertiary/aromatic N) is 3. The van der Waals surface area contributed by atoms with Crippen LogP contribution >= 0.6 is 24.0 Å². The summed E-state index contributed by atoms with van der Waals surface area (Å²) in [5.74, 6) is 0.618. The van der Waals surface area contributed by atoms with Crippen molar-refractivity contribution in [3.05, 3.63) is 35.6 Å². The van der Waals surface area contributed by atoms with Crippen LogP contribution in [0.1, 0.15) is 32.3 Å². The van der Waals surface area contributed by atoms with E-state index < -0.39 is 0 Å². The normalized spacial score (nSPS) is 18.9. The number of hydrogen-bond donors (Lipinski definition) is 1. The van der Waals surface area contributed by atoms with Crippen molar-refractivity contribution in [2.75, 3.05) is 59.1 Å². The van der Waals surface area contributed by atoms with Gasteiger partial charge in [0.25, 0.3) is 0 Å². The van der Waals surface area contributed by atoms with Gasteiger partial charge in [0.05, 0.1) is 13.2 Å². The Balaban J connectivity index is 0.00000341. The van der Waals surface area contributed by atoms with Crippen molar-refractivity contribution in [2.24, 2.45) is 4.99 Å². The first-order valence-corrected chi connectivity index (χ1v) is 10.9. The monoisotopic (exact) mass is 548 g/mol. The highest BCUT2D eigenvalue weighted by Crippen LogP contribution is 2.35. The van der Waals surface area contributed by atoms with Crippen LogP contribution in [0.25, 0.3) is 0 Å². The SMILES string of the molecule is CCNC(=NCC1(c2cccc(F)c2)CCOCC1)N1CCN(C(=O)OCC)CC1.I. The van der Waals surface area contributed by atoms with Gasteiger partial charge in [-0.15, -0.1) is 24.0 Å². The van der Waals surface area contributed by atoms with Crippen LogP contribution in [0.2, 0.25) is 0 Å². The topological polar surface area (TPSA) is 66.4 Å². The molecule has 0 unspecified atom stereocenters. The van der Waals surface area contributed by atoms with Crippen LogP contribution < -0.4 is 5.32 Å². The van der Waals surface area contributed by atoms with Gasteiger partial charge in [0, 0.05) is 51.4 Å². The van der Waals surface area contributed by atoms with E-state index in [0.29, 0.717) is 52.5 Å². The van der Waals surface area contributed by atoms with Gasteiger partial charge in [-0.3, -0.25) is 4.99 Å². The Morgan fingerprint density at radius 1 is 1.19 bits per heavy atom. The molecule has 0 aliphatic carbocycles. The summed E-state index contributed by atoms with van der Waals surface area (Å²) in [6.07, 6.45) is 1.37. The Hall–Kier alpha value is -1.62. The van der Waals surface area contributed by atoms with Crippen LogP contribution in [-0.4, -0.2) is 80.9 Å². The number of piperazine rings is 1. The van der Waals surface area contributed by atoms with Crippen molar-refractivity contribution < 1.29 is 18.7 Å². The zero-order chi connectivity index (χ0) is 21.4. The Bertz CT molecular complexity index is 735. The molecular weight excluding hydrogens is 514 g/mol. The maximum Gasteiger partial charge on any atom is 0.409 e. The number of hydrogen-bond acceptors (Lipinski definition) is 4. The van der Waals surface area contributed by atoms with Crippen LogP contribution in [0.5, 0.6) is 0 Å². The van der Waals surface area contributed by atoms with Crippen molar-refractivity contribution >= 4 is 36.0 Å². The third kappa shape index (κ3) is 6.68. The van der Waals surface area contributed by atoms with E-state index in [0.717, 1.165) is 30.9 Å². The molecule has 0 aromatic heterocycles. The number of ether oxygens (including phenoxy) is 2. The van der Waals surface area contributed by atoms with E-state index in [4.69, 9.17) is 14.5 Å². The largest absolute Gasteiger partial charge is 0.450 e. The van der Waals surface area contributed by atoms with Gasteiger partial charge in [-0.2, -0.15) is 0 Å². The highest BCUT2D eigenvalue weighted by Gasteiger charge is 2.35. The molecule has 3 rings (SSSR count). The Kier molecular flexibility index (Phi) is 10.3. The third-order valence-corrected chi connectivity index (χ3v) is 5.86. The molecule has 174 valence electrons. The minimum atomic E-state index is -0.258. The zero-order valence-corrected chi connectivity index (χ0v) is 20.8. The third-order valence-electron chi connectivity index (χ3n) is 5.86. The average molecular weight is 548 g/mol. The lowest BCUT2D eigenvalue weighted by Gasteiger charge is -2.38. The van der Waals surface area contributed by atoms with Gasteiger partial charge in [-0.05, 0) is 44.4 Å². The van der Waals surface area contributed by atoms with Crippen LogP contribution in [-0.2, 0) is 14.9 Å². The molecule has 1 amide bonds. The fourth-order valence-electron chi connectivity index (χ4n) is 4.09. The molecule has 0 saturated carbocycles. The molecule has 9 heteroatoms. The molecule has 31 heavy (non-hydrogen) atoms. The van der Waals surface area contributed by atoms with Crippen LogP contribution in [0.3, 0.4) is 0 Å². The predicted octanol–water partition coefficient (Wildman–Crippen LogP) is 3.23. The van der Waals surface area contributed by atoms with Crippen molar-refractivity contribution in [2.45, 2.75) is 32.1 Å². The first-order chi connectivity index (χ1) is 14.6. The molecule has 1 N–H and O–H groups in total. The summed E-state index contributed by atoms with van der Waals surface area (Å²) in [5, 5.41) is 3.38. The van der Waals surface area contributed by atoms with E-state index in [1.807, 2.05) is 19.9 Å². The number of guanidine groups is 1. The van der Waals surface area contributed by atoms with E-state index >= 15 is 0 Å². The standard InChI is InChI=1S/C22H33FN4O3.HI/c1-3-24-20(26-10-12-27(13-11-26)21(28)30-4-2)25-17-22(8-14-29-15-9-22)18-6-5-7-19(23)16-18;/h5-7,16H,3-4,8-15,17H2,1-2H3,(H,24,25);1H. The summed E-state index contributed by atoms with van der Waals surface area (Å²) in [4.78, 5) is 20.8. The maximum absolute atomic E-state index is 13.9. The minimum Gasteiger partial charge on any atom is -0.450 e. The maximum atomic E-state index is 13.9. The van der Waals surface area contributed by atoms with Gasteiger partial charge in [-0.1, -0.05) is 12.1 Å². The van der Waals surface area contributed by atoms with Gasteiger partial charge < -0.3 is 24.6 Å². The molecule has 0 bridgehead atoms. The second-order valence-electron chi connectivity index (χ2n) is 7.75. The summed E-state index contributed by atoms with van der Waals surface area (Å²) in [7, 11) is 0. The van der Waals surface area contributed by atoms with Crippen molar-refractivity contribution in [3.63, 3.8) is 0 Å². The summed E-state index contributed by atoms with van der Waals surface area (Å²) in [6, 6.07) is 6.87. The van der Waals surface area contributed by atoms with E-state index in [1.165, 1.54) is 6.07 Å². The quantitative estimate of drug-likeness (QED) is 0.348. The van der Waals surface area contributed by atoms with Crippen molar-refractivity contribution in [1.82, 2.24) is 15.1 Å². The Morgan fingerprint density at radius 2 is 1.87 bits per heavy atom. The van der Waals surface area contributed by atoms with Crippen molar-refractivity contribution in [1.29, 1.82) is 0 Å². The Morgan fingerprint density at radius 3 is 2.48 bits per heavy atom. The predicted molar refractivity (Wildman–Crippen MR) is 130 cm³/mol. The van der Waals surface area contributed by atoms with Crippen LogP contribution in [0, 0.1) is 5.82 Å². The lowest BCUT2D eigenvalue weighted by atomic mass is 9.74. The lowest BCUT2D eigenvalue weighted by molar-refractivity contribution is 0.0528. The number of aliphatic imine (C=N–C) groups is 1. The molecule has 2 saturated heterocycles. The lowest BCUT2D eigenvalue weighted by Crippen LogP contribution is -2.54. The number of amides is 1. The molecule has 2 fully saturated rings. The number of carbonyl (C=O) groups excluding carboxylic acids is 1. The molecule has 7 nitrogen and oxygen atoms in total. The smallest absolute Gasteiger partial charge is 0.409 e.